The molecular weight excluding hydrogens is 190 g/mol. The van der Waals surface area contributed by atoms with Gasteiger partial charge in [-0.1, -0.05) is 18.2 Å². The van der Waals surface area contributed by atoms with Crippen molar-refractivity contribution in [2.75, 3.05) is 5.73 Å². The molecule has 0 fully saturated rings. The van der Waals surface area contributed by atoms with Gasteiger partial charge in [-0.25, -0.2) is 0 Å². The van der Waals surface area contributed by atoms with E-state index in [0.29, 0.717) is 0 Å². The van der Waals surface area contributed by atoms with Crippen LogP contribution in [0.25, 0.3) is 10.1 Å². The van der Waals surface area contributed by atoms with Crippen LogP contribution in [0, 0.1) is 6.92 Å². The van der Waals surface area contributed by atoms with E-state index in [1.165, 1.54) is 15.6 Å². The molecule has 0 amide bonds. The van der Waals surface area contributed by atoms with Gasteiger partial charge in [-0.05, 0) is 23.9 Å². The Morgan fingerprint density at radius 3 is 2.58 bits per heavy atom. The van der Waals surface area contributed by atoms with Crippen molar-refractivity contribution in [3.63, 3.8) is 0 Å². The minimum atomic E-state index is 0. The Morgan fingerprint density at radius 1 is 1.25 bits per heavy atom. The molecule has 64 valence electrons. The maximum atomic E-state index is 5.77. The summed E-state index contributed by atoms with van der Waals surface area (Å²) in [7, 11) is 0. The fourth-order valence-corrected chi connectivity index (χ4v) is 2.17. The molecule has 0 spiro atoms. The SMILES string of the molecule is Cc1c(N)sc2ccccc12.Cl. The van der Waals surface area contributed by atoms with Crippen LogP contribution < -0.4 is 5.73 Å². The fourth-order valence-electron chi connectivity index (χ4n) is 1.19. The normalized spacial score (nSPS) is 9.75. The van der Waals surface area contributed by atoms with Crippen LogP contribution in [0.1, 0.15) is 5.56 Å². The molecule has 0 radical (unpaired) electrons. The third-order valence-corrected chi connectivity index (χ3v) is 2.98. The summed E-state index contributed by atoms with van der Waals surface area (Å²) >= 11 is 1.66. The lowest BCUT2D eigenvalue weighted by Crippen LogP contribution is -1.79. The van der Waals surface area contributed by atoms with Gasteiger partial charge in [-0.3, -0.25) is 0 Å². The zero-order valence-corrected chi connectivity index (χ0v) is 8.34. The first-order valence-corrected chi connectivity index (χ1v) is 4.34. The molecule has 0 aliphatic carbocycles. The second-order valence-corrected chi connectivity index (χ2v) is 3.67. The van der Waals surface area contributed by atoms with Crippen LogP contribution in [-0.2, 0) is 0 Å². The third kappa shape index (κ3) is 1.28. The van der Waals surface area contributed by atoms with Gasteiger partial charge in [-0.2, -0.15) is 0 Å². The number of nitrogens with two attached hydrogens (primary N) is 1. The summed E-state index contributed by atoms with van der Waals surface area (Å²) in [5.41, 5.74) is 6.98. The van der Waals surface area contributed by atoms with E-state index in [1.54, 1.807) is 11.3 Å². The average Bonchev–Trinajstić information content (AvgIpc) is 2.30. The molecule has 2 aromatic rings. The predicted octanol–water partition coefficient (Wildman–Crippen LogP) is 3.21. The highest BCUT2D eigenvalue weighted by atomic mass is 35.5. The van der Waals surface area contributed by atoms with Gasteiger partial charge in [0.05, 0.1) is 5.00 Å². The van der Waals surface area contributed by atoms with Crippen LogP contribution >= 0.6 is 23.7 Å². The molecule has 1 heterocycles. The van der Waals surface area contributed by atoms with Gasteiger partial charge >= 0.3 is 0 Å². The van der Waals surface area contributed by atoms with Gasteiger partial charge in [0, 0.05) is 4.70 Å². The number of nitrogen functional groups attached to an aromatic ring is 1. The first-order valence-electron chi connectivity index (χ1n) is 3.52. The highest BCUT2D eigenvalue weighted by Gasteiger charge is 2.02. The first-order chi connectivity index (χ1) is 5.29. The topological polar surface area (TPSA) is 26.0 Å². The molecule has 3 heteroatoms. The monoisotopic (exact) mass is 199 g/mol. The van der Waals surface area contributed by atoms with Gasteiger partial charge in [0.15, 0.2) is 0 Å². The number of benzene rings is 1. The molecular formula is C9H10ClNS. The number of hydrogen-bond donors (Lipinski definition) is 1. The molecule has 1 aromatic heterocycles. The first kappa shape index (κ1) is 9.36. The van der Waals surface area contributed by atoms with Crippen molar-refractivity contribution in [3.05, 3.63) is 29.8 Å². The number of thiophene rings is 1. The van der Waals surface area contributed by atoms with E-state index in [0.717, 1.165) is 5.00 Å². The molecule has 1 aromatic carbocycles. The van der Waals surface area contributed by atoms with Crippen molar-refractivity contribution in [1.29, 1.82) is 0 Å². The van der Waals surface area contributed by atoms with E-state index in [-0.39, 0.29) is 12.4 Å². The predicted molar refractivity (Wildman–Crippen MR) is 58.2 cm³/mol. The molecule has 0 unspecified atom stereocenters. The Bertz CT molecular complexity index is 394. The van der Waals surface area contributed by atoms with Gasteiger partial charge < -0.3 is 5.73 Å². The number of rotatable bonds is 0. The molecule has 1 nitrogen and oxygen atoms in total. The average molecular weight is 200 g/mol. The van der Waals surface area contributed by atoms with Crippen molar-refractivity contribution in [1.82, 2.24) is 0 Å². The van der Waals surface area contributed by atoms with E-state index in [2.05, 4.69) is 19.1 Å². The Morgan fingerprint density at radius 2 is 1.92 bits per heavy atom. The fraction of sp³-hybridized carbons (Fsp3) is 0.111. The van der Waals surface area contributed by atoms with Crippen LogP contribution in [0.5, 0.6) is 0 Å². The Hall–Kier alpha value is -0.730. The van der Waals surface area contributed by atoms with Crippen molar-refractivity contribution in [2.45, 2.75) is 6.92 Å². The lowest BCUT2D eigenvalue weighted by atomic mass is 10.2. The zero-order chi connectivity index (χ0) is 7.84. The number of fused-ring (bicyclic) bond motifs is 1. The maximum Gasteiger partial charge on any atom is 0.0898 e. The van der Waals surface area contributed by atoms with Crippen molar-refractivity contribution in [3.8, 4) is 0 Å². The summed E-state index contributed by atoms with van der Waals surface area (Å²) in [5.74, 6) is 0. The molecule has 2 rings (SSSR count). The van der Waals surface area contributed by atoms with Crippen LogP contribution in [0.3, 0.4) is 0 Å². The maximum absolute atomic E-state index is 5.77. The van der Waals surface area contributed by atoms with Crippen LogP contribution in [0.15, 0.2) is 24.3 Å². The third-order valence-electron chi connectivity index (χ3n) is 1.88. The summed E-state index contributed by atoms with van der Waals surface area (Å²) < 4.78 is 1.28. The molecule has 0 aliphatic rings. The number of hydrogen-bond acceptors (Lipinski definition) is 2. The number of anilines is 1. The summed E-state index contributed by atoms with van der Waals surface area (Å²) in [6.45, 7) is 2.06. The van der Waals surface area contributed by atoms with Gasteiger partial charge in [0.1, 0.15) is 0 Å². The molecule has 0 saturated carbocycles. The quantitative estimate of drug-likeness (QED) is 0.693. The van der Waals surface area contributed by atoms with Gasteiger partial charge in [0.25, 0.3) is 0 Å². The lowest BCUT2D eigenvalue weighted by Gasteiger charge is -1.88. The van der Waals surface area contributed by atoms with E-state index in [4.69, 9.17) is 5.73 Å². The van der Waals surface area contributed by atoms with Gasteiger partial charge in [0.2, 0.25) is 0 Å². The Kier molecular flexibility index (Phi) is 2.60. The van der Waals surface area contributed by atoms with Gasteiger partial charge in [-0.15, -0.1) is 23.7 Å². The molecule has 0 atom stereocenters. The van der Waals surface area contributed by atoms with E-state index < -0.39 is 0 Å². The summed E-state index contributed by atoms with van der Waals surface area (Å²) in [6, 6.07) is 8.29. The summed E-state index contributed by atoms with van der Waals surface area (Å²) in [6.07, 6.45) is 0. The lowest BCUT2D eigenvalue weighted by molar-refractivity contribution is 1.59. The molecule has 2 N–H and O–H groups in total. The number of aryl methyl sites for hydroxylation is 1. The minimum Gasteiger partial charge on any atom is -0.390 e. The van der Waals surface area contributed by atoms with Crippen LogP contribution in [0.4, 0.5) is 5.00 Å². The second kappa shape index (κ2) is 3.33. The minimum absolute atomic E-state index is 0. The number of halogens is 1. The van der Waals surface area contributed by atoms with E-state index in [1.807, 2.05) is 12.1 Å². The van der Waals surface area contributed by atoms with E-state index in [9.17, 15) is 0 Å². The van der Waals surface area contributed by atoms with Crippen LogP contribution in [-0.4, -0.2) is 0 Å². The molecule has 12 heavy (non-hydrogen) atoms. The molecule has 0 aliphatic heterocycles. The Balaban J connectivity index is 0.000000720. The molecule has 0 bridgehead atoms. The Labute approximate surface area is 81.6 Å². The summed E-state index contributed by atoms with van der Waals surface area (Å²) in [5, 5.41) is 2.22. The standard InChI is InChI=1S/C9H9NS.ClH/c1-6-7-4-2-3-5-8(7)11-9(6)10;/h2-5H,10H2,1H3;1H. The zero-order valence-electron chi connectivity index (χ0n) is 6.70. The largest absolute Gasteiger partial charge is 0.390 e. The van der Waals surface area contributed by atoms with Crippen LogP contribution in [0.2, 0.25) is 0 Å². The highest BCUT2D eigenvalue weighted by molar-refractivity contribution is 7.22. The smallest absolute Gasteiger partial charge is 0.0898 e. The van der Waals surface area contributed by atoms with Crippen molar-refractivity contribution in [2.24, 2.45) is 0 Å². The molecule has 0 saturated heterocycles. The summed E-state index contributed by atoms with van der Waals surface area (Å²) in [4.78, 5) is 0. The second-order valence-electron chi connectivity index (χ2n) is 2.59. The van der Waals surface area contributed by atoms with Crippen molar-refractivity contribution >= 4 is 38.8 Å². The van der Waals surface area contributed by atoms with E-state index >= 15 is 0 Å². The highest BCUT2D eigenvalue weighted by Crippen LogP contribution is 2.31. The van der Waals surface area contributed by atoms with Crippen molar-refractivity contribution < 1.29 is 0 Å².